The predicted molar refractivity (Wildman–Crippen MR) is 58.0 cm³/mol. The SMILES string of the molecule is CSC(C)C1=[C-]CC=C1.Cl.Cl.[Ti]. The van der Waals surface area contributed by atoms with E-state index >= 15 is 0 Å². The largest absolute Gasteiger partial charge is 0.268 e. The average molecular weight is 260 g/mol. The zero-order valence-corrected chi connectivity index (χ0v) is 11.2. The van der Waals surface area contributed by atoms with Gasteiger partial charge in [0.05, 0.1) is 0 Å². The van der Waals surface area contributed by atoms with Crippen LogP contribution in [0.1, 0.15) is 13.3 Å². The normalized spacial score (nSPS) is 15.0. The summed E-state index contributed by atoms with van der Waals surface area (Å²) >= 11 is 1.87. The smallest absolute Gasteiger partial charge is 0 e. The summed E-state index contributed by atoms with van der Waals surface area (Å²) in [5, 5.41) is 0.628. The molecular formula is C8H13Cl2STi-. The monoisotopic (exact) mass is 259 g/mol. The molecule has 0 aromatic rings. The second kappa shape index (κ2) is 10.2. The molecule has 1 unspecified atom stereocenters. The maximum atomic E-state index is 3.29. The van der Waals surface area contributed by atoms with Gasteiger partial charge in [-0.05, 0) is 11.5 Å². The van der Waals surface area contributed by atoms with Crippen LogP contribution < -0.4 is 0 Å². The van der Waals surface area contributed by atoms with Crippen LogP contribution in [0.4, 0.5) is 0 Å². The van der Waals surface area contributed by atoms with Gasteiger partial charge in [0.2, 0.25) is 0 Å². The Balaban J connectivity index is -0.000000270. The third kappa shape index (κ3) is 5.72. The van der Waals surface area contributed by atoms with Crippen molar-refractivity contribution < 1.29 is 21.7 Å². The fourth-order valence-corrected chi connectivity index (χ4v) is 1.24. The van der Waals surface area contributed by atoms with Crippen LogP contribution in [0.2, 0.25) is 0 Å². The molecule has 0 saturated carbocycles. The minimum absolute atomic E-state index is 0. The van der Waals surface area contributed by atoms with Crippen LogP contribution in [0, 0.1) is 6.08 Å². The quantitative estimate of drug-likeness (QED) is 0.542. The molecule has 0 nitrogen and oxygen atoms in total. The molecule has 4 heteroatoms. The van der Waals surface area contributed by atoms with Crippen LogP contribution in [0.3, 0.4) is 0 Å². The summed E-state index contributed by atoms with van der Waals surface area (Å²) in [6.07, 6.45) is 10.8. The summed E-state index contributed by atoms with van der Waals surface area (Å²) < 4.78 is 0. The van der Waals surface area contributed by atoms with E-state index in [0.717, 1.165) is 6.42 Å². The van der Waals surface area contributed by atoms with Crippen molar-refractivity contribution in [3.63, 3.8) is 0 Å². The van der Waals surface area contributed by atoms with Crippen LogP contribution >= 0.6 is 36.6 Å². The molecule has 70 valence electrons. The van der Waals surface area contributed by atoms with Crippen molar-refractivity contribution in [3.05, 3.63) is 23.8 Å². The molecule has 0 saturated heterocycles. The molecule has 1 aliphatic rings. The van der Waals surface area contributed by atoms with Gasteiger partial charge < -0.3 is 0 Å². The van der Waals surface area contributed by atoms with Crippen molar-refractivity contribution in [1.29, 1.82) is 0 Å². The van der Waals surface area contributed by atoms with Gasteiger partial charge in [-0.25, -0.2) is 11.6 Å². The molecule has 12 heavy (non-hydrogen) atoms. The van der Waals surface area contributed by atoms with Gasteiger partial charge in [-0.2, -0.15) is 17.8 Å². The molecule has 1 aliphatic carbocycles. The van der Waals surface area contributed by atoms with Crippen LogP contribution in [-0.4, -0.2) is 11.5 Å². The second-order valence-electron chi connectivity index (χ2n) is 2.12. The van der Waals surface area contributed by atoms with E-state index in [-0.39, 0.29) is 46.5 Å². The molecule has 1 atom stereocenters. The van der Waals surface area contributed by atoms with E-state index in [1.54, 1.807) is 0 Å². The fourth-order valence-electron chi connectivity index (χ4n) is 0.828. The number of hydrogen-bond acceptors (Lipinski definition) is 1. The van der Waals surface area contributed by atoms with Gasteiger partial charge in [0, 0.05) is 21.7 Å². The van der Waals surface area contributed by atoms with E-state index in [0.29, 0.717) is 5.25 Å². The predicted octanol–water partition coefficient (Wildman–Crippen LogP) is 3.27. The molecule has 0 aliphatic heterocycles. The first-order valence-corrected chi connectivity index (χ1v) is 4.43. The van der Waals surface area contributed by atoms with E-state index in [4.69, 9.17) is 0 Å². The van der Waals surface area contributed by atoms with Crippen LogP contribution in [0.15, 0.2) is 17.7 Å². The summed E-state index contributed by atoms with van der Waals surface area (Å²) in [5.41, 5.74) is 1.36. The van der Waals surface area contributed by atoms with E-state index in [1.807, 2.05) is 11.8 Å². The molecule has 0 spiro atoms. The fraction of sp³-hybridized carbons (Fsp3) is 0.500. The zero-order valence-electron chi connectivity index (χ0n) is 7.16. The minimum Gasteiger partial charge on any atom is -0.268 e. The summed E-state index contributed by atoms with van der Waals surface area (Å²) in [5.74, 6) is 0. The Kier molecular flexibility index (Phi) is 16.0. The van der Waals surface area contributed by atoms with Crippen LogP contribution in [0.25, 0.3) is 0 Å². The Labute approximate surface area is 106 Å². The first kappa shape index (κ1) is 18.8. The number of halogens is 2. The maximum Gasteiger partial charge on any atom is 0 e. The Morgan fingerprint density at radius 3 is 2.42 bits per heavy atom. The number of thioether (sulfide) groups is 1. The van der Waals surface area contributed by atoms with Crippen LogP contribution in [-0.2, 0) is 21.7 Å². The third-order valence-corrected chi connectivity index (χ3v) is 2.47. The molecule has 0 radical (unpaired) electrons. The Hall–Kier alpha value is 1.12. The van der Waals surface area contributed by atoms with Gasteiger partial charge in [-0.15, -0.1) is 31.2 Å². The van der Waals surface area contributed by atoms with Gasteiger partial charge in [-0.1, -0.05) is 6.92 Å². The minimum atomic E-state index is 0. The molecule has 0 amide bonds. The van der Waals surface area contributed by atoms with Gasteiger partial charge in [0.1, 0.15) is 0 Å². The second-order valence-corrected chi connectivity index (χ2v) is 3.30. The first-order chi connectivity index (χ1) is 4.34. The number of rotatable bonds is 2. The standard InChI is InChI=1S/C8H11S.2ClH.Ti/c1-7(9-2)8-5-3-4-6-8;;;/h3,5,7H,4H2,1-2H3;2*1H;/q-1;;;. The number of allylic oxidation sites excluding steroid dienone is 3. The van der Waals surface area contributed by atoms with Crippen LogP contribution in [0.5, 0.6) is 0 Å². The molecule has 0 heterocycles. The zero-order chi connectivity index (χ0) is 6.69. The molecular weight excluding hydrogens is 247 g/mol. The van der Waals surface area contributed by atoms with Crippen molar-refractivity contribution in [3.8, 4) is 0 Å². The van der Waals surface area contributed by atoms with E-state index in [2.05, 4.69) is 31.4 Å². The first-order valence-electron chi connectivity index (χ1n) is 3.14. The van der Waals surface area contributed by atoms with Gasteiger partial charge in [0.25, 0.3) is 0 Å². The summed E-state index contributed by atoms with van der Waals surface area (Å²) in [6.45, 7) is 2.21. The summed E-state index contributed by atoms with van der Waals surface area (Å²) in [7, 11) is 0. The maximum absolute atomic E-state index is 3.29. The molecule has 0 aromatic carbocycles. The Morgan fingerprint density at radius 2 is 2.08 bits per heavy atom. The Bertz CT molecular complexity index is 157. The van der Waals surface area contributed by atoms with Gasteiger partial charge in [-0.3, -0.25) is 6.08 Å². The topological polar surface area (TPSA) is 0 Å². The van der Waals surface area contributed by atoms with Crippen molar-refractivity contribution in [2.75, 3.05) is 6.26 Å². The third-order valence-electron chi connectivity index (χ3n) is 1.51. The van der Waals surface area contributed by atoms with Crippen molar-refractivity contribution in [2.45, 2.75) is 18.6 Å². The van der Waals surface area contributed by atoms with Gasteiger partial charge in [0.15, 0.2) is 0 Å². The average Bonchev–Trinajstić information content (AvgIpc) is 2.37. The summed E-state index contributed by atoms with van der Waals surface area (Å²) in [4.78, 5) is 0. The van der Waals surface area contributed by atoms with E-state index < -0.39 is 0 Å². The molecule has 0 fully saturated rings. The Morgan fingerprint density at radius 1 is 1.50 bits per heavy atom. The van der Waals surface area contributed by atoms with Crippen molar-refractivity contribution in [1.82, 2.24) is 0 Å². The summed E-state index contributed by atoms with van der Waals surface area (Å²) in [6, 6.07) is 0. The van der Waals surface area contributed by atoms with Crippen molar-refractivity contribution >= 4 is 36.6 Å². The van der Waals surface area contributed by atoms with E-state index in [1.165, 1.54) is 5.57 Å². The van der Waals surface area contributed by atoms with Crippen molar-refractivity contribution in [2.24, 2.45) is 0 Å². The molecule has 0 N–H and O–H groups in total. The molecule has 0 bridgehead atoms. The molecule has 0 aromatic heterocycles. The number of hydrogen-bond donors (Lipinski definition) is 0. The molecule has 1 rings (SSSR count). The van der Waals surface area contributed by atoms with E-state index in [9.17, 15) is 0 Å². The van der Waals surface area contributed by atoms with Gasteiger partial charge >= 0.3 is 0 Å².